The minimum absolute atomic E-state index is 0.193. The average Bonchev–Trinajstić information content (AvgIpc) is 2.25. The topological polar surface area (TPSA) is 26.3 Å². The zero-order chi connectivity index (χ0) is 14.0. The van der Waals surface area contributed by atoms with E-state index in [1.165, 1.54) is 0 Å². The lowest BCUT2D eigenvalue weighted by Crippen LogP contribution is -2.18. The number of halogens is 1. The van der Waals surface area contributed by atoms with Crippen molar-refractivity contribution in [3.63, 3.8) is 0 Å². The molecule has 3 heteroatoms. The minimum atomic E-state index is -0.329. The van der Waals surface area contributed by atoms with Gasteiger partial charge in [-0.3, -0.25) is 4.79 Å². The highest BCUT2D eigenvalue weighted by Crippen LogP contribution is 2.10. The lowest BCUT2D eigenvalue weighted by Gasteiger charge is -2.14. The summed E-state index contributed by atoms with van der Waals surface area (Å²) in [6.45, 7) is 9.71. The van der Waals surface area contributed by atoms with Gasteiger partial charge >= 0.3 is 5.97 Å². The third-order valence-electron chi connectivity index (χ3n) is 2.17. The van der Waals surface area contributed by atoms with Gasteiger partial charge in [0.05, 0.1) is 0 Å². The molecule has 1 atom stereocenters. The van der Waals surface area contributed by atoms with Crippen LogP contribution < -0.4 is 0 Å². The van der Waals surface area contributed by atoms with Crippen molar-refractivity contribution < 1.29 is 9.53 Å². The maximum atomic E-state index is 11.6. The van der Waals surface area contributed by atoms with E-state index in [2.05, 4.69) is 32.3 Å². The van der Waals surface area contributed by atoms with E-state index in [-0.39, 0.29) is 12.1 Å². The Labute approximate surface area is 116 Å². The van der Waals surface area contributed by atoms with Gasteiger partial charge in [0.1, 0.15) is 0 Å². The molecular formula is C15H23ClO2. The summed E-state index contributed by atoms with van der Waals surface area (Å²) in [6.07, 6.45) is 2.44. The van der Waals surface area contributed by atoms with E-state index < -0.39 is 0 Å². The van der Waals surface area contributed by atoms with Crippen LogP contribution in [-0.2, 0) is 9.53 Å². The van der Waals surface area contributed by atoms with Gasteiger partial charge in [-0.15, -0.1) is 11.6 Å². The number of rotatable bonds is 7. The van der Waals surface area contributed by atoms with Crippen LogP contribution in [-0.4, -0.2) is 18.0 Å². The fourth-order valence-corrected chi connectivity index (χ4v) is 1.54. The first kappa shape index (κ1) is 17.1. The molecule has 0 spiro atoms. The third kappa shape index (κ3) is 10.2. The van der Waals surface area contributed by atoms with Gasteiger partial charge in [-0.1, -0.05) is 32.3 Å². The predicted molar refractivity (Wildman–Crippen MR) is 76.5 cm³/mol. The highest BCUT2D eigenvalue weighted by atomic mass is 35.5. The molecule has 1 unspecified atom stereocenters. The molecule has 102 valence electrons. The van der Waals surface area contributed by atoms with E-state index in [0.717, 1.165) is 24.8 Å². The van der Waals surface area contributed by atoms with E-state index in [0.29, 0.717) is 18.2 Å². The summed E-state index contributed by atoms with van der Waals surface area (Å²) in [5.74, 6) is 6.66. The summed E-state index contributed by atoms with van der Waals surface area (Å²) in [5.41, 5.74) is 0.780. The predicted octanol–water partition coefficient (Wildman–Crippen LogP) is 3.93. The van der Waals surface area contributed by atoms with Crippen LogP contribution in [0, 0.1) is 17.8 Å². The molecular weight excluding hydrogens is 248 g/mol. The average molecular weight is 271 g/mol. The van der Waals surface area contributed by atoms with Crippen molar-refractivity contribution in [1.29, 1.82) is 0 Å². The molecule has 0 rings (SSSR count). The van der Waals surface area contributed by atoms with Crippen molar-refractivity contribution in [3.8, 4) is 11.8 Å². The summed E-state index contributed by atoms with van der Waals surface area (Å²) in [7, 11) is 0. The first-order chi connectivity index (χ1) is 8.45. The van der Waals surface area contributed by atoms with Crippen LogP contribution in [0.4, 0.5) is 0 Å². The first-order valence-corrected chi connectivity index (χ1v) is 6.91. The fraction of sp³-hybridized carbons (Fsp3) is 0.667. The largest absolute Gasteiger partial charge is 0.449 e. The van der Waals surface area contributed by atoms with Crippen LogP contribution in [0.25, 0.3) is 0 Å². The van der Waals surface area contributed by atoms with Crippen LogP contribution in [0.3, 0.4) is 0 Å². The van der Waals surface area contributed by atoms with Crippen LogP contribution >= 0.6 is 11.6 Å². The summed E-state index contributed by atoms with van der Waals surface area (Å²) < 4.78 is 5.36. The number of carbonyl (C=O) groups is 1. The highest BCUT2D eigenvalue weighted by molar-refractivity contribution is 6.17. The standard InChI is InChI=1S/C15H23ClO2/c1-12(2)8-9-14(11-13(3)4)18-15(17)7-5-6-10-16/h13-14H,1,5-7,10-11H2,2-4H3. The van der Waals surface area contributed by atoms with Gasteiger partial charge in [0.25, 0.3) is 0 Å². The number of alkyl halides is 1. The molecule has 18 heavy (non-hydrogen) atoms. The Balaban J connectivity index is 4.28. The molecule has 0 aromatic rings. The third-order valence-corrected chi connectivity index (χ3v) is 2.44. The Bertz CT molecular complexity index is 323. The lowest BCUT2D eigenvalue weighted by molar-refractivity contribution is -0.147. The zero-order valence-corrected chi connectivity index (χ0v) is 12.3. The van der Waals surface area contributed by atoms with E-state index in [1.807, 2.05) is 6.92 Å². The van der Waals surface area contributed by atoms with Crippen molar-refractivity contribution in [2.24, 2.45) is 5.92 Å². The highest BCUT2D eigenvalue weighted by Gasteiger charge is 2.13. The summed E-state index contributed by atoms with van der Waals surface area (Å²) in [4.78, 5) is 11.6. The molecule has 0 aromatic carbocycles. The van der Waals surface area contributed by atoms with Gasteiger partial charge in [-0.05, 0) is 37.7 Å². The smallest absolute Gasteiger partial charge is 0.307 e. The van der Waals surface area contributed by atoms with E-state index in [1.54, 1.807) is 0 Å². The molecule has 0 saturated heterocycles. The second kappa shape index (κ2) is 10.0. The number of ether oxygens (including phenoxy) is 1. The van der Waals surface area contributed by atoms with Crippen LogP contribution in [0.15, 0.2) is 12.2 Å². The Hall–Kier alpha value is -0.940. The number of esters is 1. The zero-order valence-electron chi connectivity index (χ0n) is 11.6. The normalized spacial score (nSPS) is 11.6. The Morgan fingerprint density at radius 1 is 1.39 bits per heavy atom. The van der Waals surface area contributed by atoms with Crippen molar-refractivity contribution in [2.45, 2.75) is 52.6 Å². The number of carbonyl (C=O) groups excluding carboxylic acids is 1. The van der Waals surface area contributed by atoms with Crippen LogP contribution in [0.5, 0.6) is 0 Å². The summed E-state index contributed by atoms with van der Waals surface area (Å²) >= 11 is 5.56. The number of allylic oxidation sites excluding steroid dienone is 1. The SMILES string of the molecule is C=C(C)C#CC(CC(C)C)OC(=O)CCCCCl. The van der Waals surface area contributed by atoms with E-state index in [9.17, 15) is 4.79 Å². The van der Waals surface area contributed by atoms with E-state index in [4.69, 9.17) is 16.3 Å². The second-order valence-corrected chi connectivity index (χ2v) is 5.18. The number of hydrogen-bond acceptors (Lipinski definition) is 2. The number of hydrogen-bond donors (Lipinski definition) is 0. The molecule has 0 N–H and O–H groups in total. The van der Waals surface area contributed by atoms with E-state index >= 15 is 0 Å². The molecule has 0 amide bonds. The second-order valence-electron chi connectivity index (χ2n) is 4.80. The molecule has 0 bridgehead atoms. The van der Waals surface area contributed by atoms with Gasteiger partial charge in [0.15, 0.2) is 6.10 Å². The molecule has 0 radical (unpaired) electrons. The molecule has 0 aliphatic carbocycles. The summed E-state index contributed by atoms with van der Waals surface area (Å²) in [6, 6.07) is 0. The Morgan fingerprint density at radius 3 is 2.56 bits per heavy atom. The number of unbranched alkanes of at least 4 members (excludes halogenated alkanes) is 1. The lowest BCUT2D eigenvalue weighted by atomic mass is 10.1. The summed E-state index contributed by atoms with van der Waals surface area (Å²) in [5, 5.41) is 0. The Morgan fingerprint density at radius 2 is 2.06 bits per heavy atom. The maximum absolute atomic E-state index is 11.6. The van der Waals surface area contributed by atoms with Crippen molar-refractivity contribution >= 4 is 17.6 Å². The van der Waals surface area contributed by atoms with Crippen molar-refractivity contribution in [1.82, 2.24) is 0 Å². The van der Waals surface area contributed by atoms with Crippen molar-refractivity contribution in [3.05, 3.63) is 12.2 Å². The van der Waals surface area contributed by atoms with Gasteiger partial charge < -0.3 is 4.74 Å². The minimum Gasteiger partial charge on any atom is -0.449 e. The molecule has 2 nitrogen and oxygen atoms in total. The molecule has 0 aliphatic heterocycles. The van der Waals surface area contributed by atoms with Gasteiger partial charge in [-0.25, -0.2) is 0 Å². The van der Waals surface area contributed by atoms with Gasteiger partial charge in [-0.2, -0.15) is 0 Å². The fourth-order valence-electron chi connectivity index (χ4n) is 1.35. The molecule has 0 heterocycles. The first-order valence-electron chi connectivity index (χ1n) is 6.38. The monoisotopic (exact) mass is 270 g/mol. The molecule has 0 aliphatic rings. The molecule has 0 fully saturated rings. The quantitative estimate of drug-likeness (QED) is 0.303. The Kier molecular flexibility index (Phi) is 9.50. The molecule has 0 aromatic heterocycles. The van der Waals surface area contributed by atoms with Gasteiger partial charge in [0.2, 0.25) is 0 Å². The van der Waals surface area contributed by atoms with Gasteiger partial charge in [0, 0.05) is 12.3 Å². The van der Waals surface area contributed by atoms with Crippen LogP contribution in [0.1, 0.15) is 46.5 Å². The molecule has 0 saturated carbocycles. The van der Waals surface area contributed by atoms with Crippen molar-refractivity contribution in [2.75, 3.05) is 5.88 Å². The van der Waals surface area contributed by atoms with Crippen LogP contribution in [0.2, 0.25) is 0 Å². The maximum Gasteiger partial charge on any atom is 0.307 e.